The van der Waals surface area contributed by atoms with Gasteiger partial charge in [0.2, 0.25) is 11.8 Å². The monoisotopic (exact) mass is 449 g/mol. The molecule has 0 bridgehead atoms. The van der Waals surface area contributed by atoms with Crippen LogP contribution in [0.25, 0.3) is 0 Å². The van der Waals surface area contributed by atoms with E-state index in [1.54, 1.807) is 6.07 Å². The third-order valence-corrected chi connectivity index (χ3v) is 4.32. The molecule has 2 amide bonds. The number of anilines is 1. The number of alkyl halides is 3. The van der Waals surface area contributed by atoms with Gasteiger partial charge in [-0.1, -0.05) is 29.3 Å². The number of rotatable bonds is 6. The van der Waals surface area contributed by atoms with Crippen LogP contribution in [0, 0.1) is 10.1 Å². The normalized spacial score (nSPS) is 11.1. The summed E-state index contributed by atoms with van der Waals surface area (Å²) in [6, 6.07) is 6.68. The maximum absolute atomic E-state index is 13.0. The minimum Gasteiger partial charge on any atom is -0.352 e. The molecular formula is C17H12Cl2F3N3O4. The van der Waals surface area contributed by atoms with Crippen molar-refractivity contribution >= 4 is 46.4 Å². The van der Waals surface area contributed by atoms with E-state index >= 15 is 0 Å². The number of hydrogen-bond donors (Lipinski definition) is 2. The SMILES string of the molecule is O=C(CC(=O)Nc1ccc([N+](=O)[O-])c(C(F)(F)F)c1)NCc1ccc(Cl)c(Cl)c1. The molecule has 7 nitrogen and oxygen atoms in total. The molecule has 0 saturated carbocycles. The molecule has 0 unspecified atom stereocenters. The lowest BCUT2D eigenvalue weighted by atomic mass is 10.1. The van der Waals surface area contributed by atoms with Gasteiger partial charge in [-0.2, -0.15) is 13.2 Å². The van der Waals surface area contributed by atoms with E-state index in [0.29, 0.717) is 22.7 Å². The van der Waals surface area contributed by atoms with E-state index in [4.69, 9.17) is 23.2 Å². The van der Waals surface area contributed by atoms with Crippen LogP contribution in [-0.4, -0.2) is 16.7 Å². The van der Waals surface area contributed by atoms with Gasteiger partial charge in [0.15, 0.2) is 0 Å². The van der Waals surface area contributed by atoms with Gasteiger partial charge in [-0.15, -0.1) is 0 Å². The Hall–Kier alpha value is -2.85. The fraction of sp³-hybridized carbons (Fsp3) is 0.176. The van der Waals surface area contributed by atoms with E-state index in [-0.39, 0.29) is 17.3 Å². The molecular weight excluding hydrogens is 438 g/mol. The van der Waals surface area contributed by atoms with E-state index in [1.165, 1.54) is 12.1 Å². The third kappa shape index (κ3) is 6.33. The quantitative estimate of drug-likeness (QED) is 0.383. The molecule has 0 heterocycles. The molecule has 0 aliphatic carbocycles. The summed E-state index contributed by atoms with van der Waals surface area (Å²) in [7, 11) is 0. The molecule has 12 heteroatoms. The largest absolute Gasteiger partial charge is 0.423 e. The Morgan fingerprint density at radius 3 is 2.31 bits per heavy atom. The second kappa shape index (κ2) is 9.10. The van der Waals surface area contributed by atoms with Gasteiger partial charge in [-0.25, -0.2) is 0 Å². The summed E-state index contributed by atoms with van der Waals surface area (Å²) >= 11 is 11.6. The third-order valence-electron chi connectivity index (χ3n) is 3.58. The van der Waals surface area contributed by atoms with Crippen LogP contribution < -0.4 is 10.6 Å². The molecule has 0 fully saturated rings. The molecule has 0 spiro atoms. The van der Waals surface area contributed by atoms with Gasteiger partial charge in [0.05, 0.1) is 15.0 Å². The number of benzene rings is 2. The van der Waals surface area contributed by atoms with Crippen LogP contribution in [0.2, 0.25) is 10.0 Å². The summed E-state index contributed by atoms with van der Waals surface area (Å²) in [5.41, 5.74) is -2.36. The first-order valence-electron chi connectivity index (χ1n) is 7.83. The topological polar surface area (TPSA) is 101 Å². The first-order chi connectivity index (χ1) is 13.5. The second-order valence-electron chi connectivity index (χ2n) is 5.74. The Balaban J connectivity index is 1.98. The summed E-state index contributed by atoms with van der Waals surface area (Å²) in [4.78, 5) is 33.3. The summed E-state index contributed by atoms with van der Waals surface area (Å²) < 4.78 is 38.9. The number of nitro benzene ring substituents is 1. The van der Waals surface area contributed by atoms with Gasteiger partial charge in [0, 0.05) is 18.3 Å². The van der Waals surface area contributed by atoms with Crippen molar-refractivity contribution < 1.29 is 27.7 Å². The number of amides is 2. The van der Waals surface area contributed by atoms with Crippen molar-refractivity contribution in [3.63, 3.8) is 0 Å². The van der Waals surface area contributed by atoms with Gasteiger partial charge in [0.25, 0.3) is 5.69 Å². The zero-order valence-corrected chi connectivity index (χ0v) is 15.9. The number of carbonyl (C=O) groups is 2. The van der Waals surface area contributed by atoms with E-state index in [2.05, 4.69) is 10.6 Å². The Kier molecular flexibility index (Phi) is 7.04. The molecule has 0 saturated heterocycles. The molecule has 0 aliphatic heterocycles. The minimum atomic E-state index is -4.99. The van der Waals surface area contributed by atoms with Crippen LogP contribution in [0.4, 0.5) is 24.5 Å². The van der Waals surface area contributed by atoms with Crippen molar-refractivity contribution in [2.75, 3.05) is 5.32 Å². The van der Waals surface area contributed by atoms with Crippen molar-refractivity contribution in [2.45, 2.75) is 19.1 Å². The minimum absolute atomic E-state index is 0.0543. The van der Waals surface area contributed by atoms with Gasteiger partial charge in [-0.05, 0) is 29.8 Å². The van der Waals surface area contributed by atoms with Crippen LogP contribution in [-0.2, 0) is 22.3 Å². The Morgan fingerprint density at radius 1 is 1.03 bits per heavy atom. The highest BCUT2D eigenvalue weighted by Crippen LogP contribution is 2.37. The Morgan fingerprint density at radius 2 is 1.72 bits per heavy atom. The molecule has 29 heavy (non-hydrogen) atoms. The molecule has 0 radical (unpaired) electrons. The van der Waals surface area contributed by atoms with E-state index in [0.717, 1.165) is 6.07 Å². The first-order valence-corrected chi connectivity index (χ1v) is 8.59. The molecule has 2 rings (SSSR count). The average molecular weight is 450 g/mol. The summed E-state index contributed by atoms with van der Waals surface area (Å²) in [6.07, 6.45) is -5.65. The van der Waals surface area contributed by atoms with Gasteiger partial charge in [-0.3, -0.25) is 19.7 Å². The smallest absolute Gasteiger partial charge is 0.352 e. The van der Waals surface area contributed by atoms with Gasteiger partial charge < -0.3 is 10.6 Å². The number of halogens is 5. The molecule has 0 aromatic heterocycles. The lowest BCUT2D eigenvalue weighted by Gasteiger charge is -2.11. The zero-order valence-electron chi connectivity index (χ0n) is 14.3. The summed E-state index contributed by atoms with van der Waals surface area (Å²) in [5.74, 6) is -1.58. The lowest BCUT2D eigenvalue weighted by Crippen LogP contribution is -2.27. The second-order valence-corrected chi connectivity index (χ2v) is 6.55. The number of hydrogen-bond acceptors (Lipinski definition) is 4. The van der Waals surface area contributed by atoms with E-state index in [1.807, 2.05) is 0 Å². The van der Waals surface area contributed by atoms with Gasteiger partial charge in [0.1, 0.15) is 12.0 Å². The van der Waals surface area contributed by atoms with Crippen LogP contribution >= 0.6 is 23.2 Å². The molecule has 154 valence electrons. The number of carbonyl (C=O) groups excluding carboxylic acids is 2. The predicted molar refractivity (Wildman–Crippen MR) is 99.7 cm³/mol. The number of nitro groups is 1. The maximum Gasteiger partial charge on any atom is 0.423 e. The summed E-state index contributed by atoms with van der Waals surface area (Å²) in [6.45, 7) is 0.0543. The Labute approximate surface area is 171 Å². The van der Waals surface area contributed by atoms with Crippen molar-refractivity contribution in [1.29, 1.82) is 0 Å². The van der Waals surface area contributed by atoms with Crippen molar-refractivity contribution in [3.8, 4) is 0 Å². The molecule has 2 aromatic carbocycles. The molecule has 2 aromatic rings. The van der Waals surface area contributed by atoms with Crippen LogP contribution in [0.5, 0.6) is 0 Å². The molecule has 2 N–H and O–H groups in total. The highest BCUT2D eigenvalue weighted by molar-refractivity contribution is 6.42. The predicted octanol–water partition coefficient (Wildman–Crippen LogP) is 4.57. The highest BCUT2D eigenvalue weighted by atomic mass is 35.5. The average Bonchev–Trinajstić information content (AvgIpc) is 2.61. The van der Waals surface area contributed by atoms with Crippen LogP contribution in [0.1, 0.15) is 17.5 Å². The van der Waals surface area contributed by atoms with Crippen molar-refractivity contribution in [3.05, 3.63) is 67.7 Å². The zero-order chi connectivity index (χ0) is 21.8. The fourth-order valence-corrected chi connectivity index (χ4v) is 2.58. The van der Waals surface area contributed by atoms with Crippen LogP contribution in [0.15, 0.2) is 36.4 Å². The van der Waals surface area contributed by atoms with E-state index in [9.17, 15) is 32.9 Å². The fourth-order valence-electron chi connectivity index (χ4n) is 2.26. The number of nitrogens with one attached hydrogen (secondary N) is 2. The molecule has 0 aliphatic rings. The Bertz CT molecular complexity index is 967. The highest BCUT2D eigenvalue weighted by Gasteiger charge is 2.38. The number of nitrogens with zero attached hydrogens (tertiary/aromatic N) is 1. The maximum atomic E-state index is 13.0. The van der Waals surface area contributed by atoms with Crippen LogP contribution in [0.3, 0.4) is 0 Å². The lowest BCUT2D eigenvalue weighted by molar-refractivity contribution is -0.388. The van der Waals surface area contributed by atoms with Crippen molar-refractivity contribution in [1.82, 2.24) is 5.32 Å². The van der Waals surface area contributed by atoms with Crippen molar-refractivity contribution in [2.24, 2.45) is 0 Å². The summed E-state index contributed by atoms with van der Waals surface area (Å²) in [5, 5.41) is 15.9. The molecule has 0 atom stereocenters. The standard InChI is InChI=1S/C17H12Cl2F3N3O4/c18-12-3-1-9(5-13(12)19)8-23-15(26)7-16(27)24-10-2-4-14(25(28)29)11(6-10)17(20,21)22/h1-6H,7-8H2,(H,23,26)(H,24,27). The first kappa shape index (κ1) is 22.4. The van der Waals surface area contributed by atoms with E-state index < -0.39 is 40.6 Å². The van der Waals surface area contributed by atoms with Gasteiger partial charge >= 0.3 is 6.18 Å².